The van der Waals surface area contributed by atoms with E-state index < -0.39 is 0 Å². The minimum Gasteiger partial charge on any atom is -0.444 e. The van der Waals surface area contributed by atoms with Gasteiger partial charge in [0.25, 0.3) is 0 Å². The van der Waals surface area contributed by atoms with E-state index in [-0.39, 0.29) is 24.2 Å². The van der Waals surface area contributed by atoms with Gasteiger partial charge in [-0.1, -0.05) is 18.2 Å². The molecule has 2 aliphatic rings. The summed E-state index contributed by atoms with van der Waals surface area (Å²) in [5, 5.41) is 0. The number of amides is 2. The van der Waals surface area contributed by atoms with E-state index in [4.69, 9.17) is 9.15 Å². The lowest BCUT2D eigenvalue weighted by Gasteiger charge is -2.36. The highest BCUT2D eigenvalue weighted by Crippen LogP contribution is 2.22. The number of morpholine rings is 1. The van der Waals surface area contributed by atoms with Crippen molar-refractivity contribution in [3.8, 4) is 11.5 Å². The minimum absolute atomic E-state index is 0.00705. The molecule has 1 aromatic heterocycles. The number of carbonyl (C=O) groups excluding carboxylic acids is 2. The van der Waals surface area contributed by atoms with Crippen molar-refractivity contribution >= 4 is 11.8 Å². The normalized spacial score (nSPS) is 20.2. The Balaban J connectivity index is 1.35. The van der Waals surface area contributed by atoms with Crippen LogP contribution in [0.15, 0.2) is 41.0 Å². The molecular formula is C21H25N3O4. The first-order valence-electron chi connectivity index (χ1n) is 9.85. The van der Waals surface area contributed by atoms with E-state index in [9.17, 15) is 9.59 Å². The topological polar surface area (TPSA) is 75.9 Å². The van der Waals surface area contributed by atoms with Crippen LogP contribution >= 0.6 is 0 Å². The molecule has 0 saturated carbocycles. The van der Waals surface area contributed by atoms with E-state index in [0.717, 1.165) is 18.4 Å². The smallest absolute Gasteiger partial charge is 0.228 e. The summed E-state index contributed by atoms with van der Waals surface area (Å²) in [7, 11) is 0. The highest BCUT2D eigenvalue weighted by molar-refractivity contribution is 5.82. The molecule has 0 N–H and O–H groups in total. The van der Waals surface area contributed by atoms with Crippen LogP contribution in [0.1, 0.15) is 18.5 Å². The molecule has 148 valence electrons. The second kappa shape index (κ2) is 8.56. The molecule has 0 spiro atoms. The number of aromatic nitrogens is 1. The van der Waals surface area contributed by atoms with E-state index in [1.165, 1.54) is 0 Å². The lowest BCUT2D eigenvalue weighted by molar-refractivity contribution is -0.143. The van der Waals surface area contributed by atoms with Crippen LogP contribution in [0.5, 0.6) is 0 Å². The molecule has 2 aromatic rings. The van der Waals surface area contributed by atoms with Crippen LogP contribution in [0.3, 0.4) is 0 Å². The van der Waals surface area contributed by atoms with Gasteiger partial charge in [0.1, 0.15) is 6.26 Å². The van der Waals surface area contributed by atoms with E-state index in [0.29, 0.717) is 51.0 Å². The highest BCUT2D eigenvalue weighted by Gasteiger charge is 2.32. The fourth-order valence-corrected chi connectivity index (χ4v) is 3.82. The Bertz CT molecular complexity index is 814. The van der Waals surface area contributed by atoms with E-state index in [2.05, 4.69) is 4.98 Å². The molecule has 2 saturated heterocycles. The SMILES string of the molecule is O=C(Cc1coc(-c2ccccc2)n1)N1CCCC(C(=O)N2CCOCC2)C1. The Morgan fingerprint density at radius 3 is 2.64 bits per heavy atom. The first kappa shape index (κ1) is 18.7. The number of carbonyl (C=O) groups is 2. The van der Waals surface area contributed by atoms with Crippen molar-refractivity contribution in [2.24, 2.45) is 5.92 Å². The third-order valence-electron chi connectivity index (χ3n) is 5.35. The van der Waals surface area contributed by atoms with Crippen molar-refractivity contribution in [3.63, 3.8) is 0 Å². The molecule has 1 atom stereocenters. The lowest BCUT2D eigenvalue weighted by Crippen LogP contribution is -2.49. The highest BCUT2D eigenvalue weighted by atomic mass is 16.5. The number of hydrogen-bond acceptors (Lipinski definition) is 5. The van der Waals surface area contributed by atoms with Crippen LogP contribution in [0.2, 0.25) is 0 Å². The molecule has 4 rings (SSSR count). The van der Waals surface area contributed by atoms with Crippen LogP contribution < -0.4 is 0 Å². The number of piperidine rings is 1. The molecule has 28 heavy (non-hydrogen) atoms. The van der Waals surface area contributed by atoms with Gasteiger partial charge in [0.15, 0.2) is 0 Å². The first-order chi connectivity index (χ1) is 13.7. The predicted octanol–water partition coefficient (Wildman–Crippen LogP) is 1.98. The van der Waals surface area contributed by atoms with Crippen molar-refractivity contribution in [2.45, 2.75) is 19.3 Å². The molecule has 0 radical (unpaired) electrons. The van der Waals surface area contributed by atoms with Crippen molar-refractivity contribution < 1.29 is 18.7 Å². The van der Waals surface area contributed by atoms with Gasteiger partial charge in [-0.05, 0) is 25.0 Å². The average Bonchev–Trinajstić information content (AvgIpc) is 3.23. The summed E-state index contributed by atoms with van der Waals surface area (Å²) in [5.74, 6) is 0.538. The van der Waals surface area contributed by atoms with Gasteiger partial charge in [-0.2, -0.15) is 0 Å². The largest absolute Gasteiger partial charge is 0.444 e. The second-order valence-corrected chi connectivity index (χ2v) is 7.30. The van der Waals surface area contributed by atoms with E-state index in [1.54, 1.807) is 11.2 Å². The number of rotatable bonds is 4. The summed E-state index contributed by atoms with van der Waals surface area (Å²) in [5.41, 5.74) is 1.50. The average molecular weight is 383 g/mol. The predicted molar refractivity (Wildman–Crippen MR) is 102 cm³/mol. The number of benzene rings is 1. The Hall–Kier alpha value is -2.67. The fourth-order valence-electron chi connectivity index (χ4n) is 3.82. The van der Waals surface area contributed by atoms with Crippen molar-refractivity contribution in [1.82, 2.24) is 14.8 Å². The maximum Gasteiger partial charge on any atom is 0.228 e. The Labute approximate surface area is 164 Å². The van der Waals surface area contributed by atoms with Gasteiger partial charge in [0.2, 0.25) is 17.7 Å². The first-order valence-corrected chi connectivity index (χ1v) is 9.85. The van der Waals surface area contributed by atoms with Gasteiger partial charge in [0.05, 0.1) is 31.2 Å². The van der Waals surface area contributed by atoms with Gasteiger partial charge in [-0.15, -0.1) is 0 Å². The second-order valence-electron chi connectivity index (χ2n) is 7.30. The van der Waals surface area contributed by atoms with Crippen LogP contribution in [0.25, 0.3) is 11.5 Å². The number of likely N-dealkylation sites (tertiary alicyclic amines) is 1. The quantitative estimate of drug-likeness (QED) is 0.807. The van der Waals surface area contributed by atoms with Crippen molar-refractivity contribution in [1.29, 1.82) is 0 Å². The van der Waals surface area contributed by atoms with Gasteiger partial charge in [-0.25, -0.2) is 4.98 Å². The molecule has 3 heterocycles. The van der Waals surface area contributed by atoms with Crippen LogP contribution in [-0.2, 0) is 20.7 Å². The molecule has 1 aromatic carbocycles. The van der Waals surface area contributed by atoms with Crippen LogP contribution in [-0.4, -0.2) is 66.0 Å². The third-order valence-corrected chi connectivity index (χ3v) is 5.35. The summed E-state index contributed by atoms with van der Waals surface area (Å²) in [4.78, 5) is 33.6. The maximum absolute atomic E-state index is 12.8. The summed E-state index contributed by atoms with van der Waals surface area (Å²) in [6, 6.07) is 9.61. The Kier molecular flexibility index (Phi) is 5.71. The minimum atomic E-state index is -0.118. The van der Waals surface area contributed by atoms with Gasteiger partial charge in [0, 0.05) is 31.7 Å². The number of hydrogen-bond donors (Lipinski definition) is 0. The molecule has 2 aliphatic heterocycles. The monoisotopic (exact) mass is 383 g/mol. The zero-order valence-electron chi connectivity index (χ0n) is 15.9. The zero-order chi connectivity index (χ0) is 19.3. The zero-order valence-corrected chi connectivity index (χ0v) is 15.9. The molecule has 0 aliphatic carbocycles. The number of ether oxygens (including phenoxy) is 1. The van der Waals surface area contributed by atoms with Gasteiger partial charge < -0.3 is 19.0 Å². The van der Waals surface area contributed by atoms with Gasteiger partial charge >= 0.3 is 0 Å². The van der Waals surface area contributed by atoms with Crippen LogP contribution in [0.4, 0.5) is 0 Å². The van der Waals surface area contributed by atoms with E-state index in [1.807, 2.05) is 35.2 Å². The molecular weight excluding hydrogens is 358 g/mol. The molecule has 2 amide bonds. The summed E-state index contributed by atoms with van der Waals surface area (Å²) in [6.45, 7) is 3.65. The molecule has 7 heteroatoms. The fraction of sp³-hybridized carbons (Fsp3) is 0.476. The van der Waals surface area contributed by atoms with Crippen molar-refractivity contribution in [2.75, 3.05) is 39.4 Å². The maximum atomic E-state index is 12.8. The number of oxazole rings is 1. The standard InChI is InChI=1S/C21H25N3O4/c25-19(13-18-15-28-20(22-18)16-5-2-1-3-6-16)24-8-4-7-17(14-24)21(26)23-9-11-27-12-10-23/h1-3,5-6,15,17H,4,7-14H2. The van der Waals surface area contributed by atoms with Crippen molar-refractivity contribution in [3.05, 3.63) is 42.3 Å². The summed E-state index contributed by atoms with van der Waals surface area (Å²) in [6.07, 6.45) is 3.41. The molecule has 1 unspecified atom stereocenters. The third kappa shape index (κ3) is 4.25. The molecule has 0 bridgehead atoms. The number of nitrogens with zero attached hydrogens (tertiary/aromatic N) is 3. The van der Waals surface area contributed by atoms with Crippen LogP contribution in [0, 0.1) is 5.92 Å². The molecule has 2 fully saturated rings. The Morgan fingerprint density at radius 2 is 1.86 bits per heavy atom. The van der Waals surface area contributed by atoms with E-state index >= 15 is 0 Å². The lowest BCUT2D eigenvalue weighted by atomic mass is 9.96. The summed E-state index contributed by atoms with van der Waals surface area (Å²) >= 11 is 0. The molecule has 7 nitrogen and oxygen atoms in total. The van der Waals surface area contributed by atoms with Gasteiger partial charge in [-0.3, -0.25) is 9.59 Å². The summed E-state index contributed by atoms with van der Waals surface area (Å²) < 4.78 is 10.8. The Morgan fingerprint density at radius 1 is 1.07 bits per heavy atom.